The number of thiol groups is 1. The summed E-state index contributed by atoms with van der Waals surface area (Å²) in [5.74, 6) is 1.12. The molecule has 0 fully saturated rings. The molecule has 0 saturated carbocycles. The van der Waals surface area contributed by atoms with E-state index in [0.717, 1.165) is 22.2 Å². The first-order valence-electron chi connectivity index (χ1n) is 5.25. The van der Waals surface area contributed by atoms with Crippen LogP contribution in [0.2, 0.25) is 0 Å². The van der Waals surface area contributed by atoms with Gasteiger partial charge in [-0.2, -0.15) is 12.6 Å². The summed E-state index contributed by atoms with van der Waals surface area (Å²) in [4.78, 5) is 13.0. The first kappa shape index (κ1) is 14.4. The molecule has 0 bridgehead atoms. The number of carbonyl (C=O) groups excluding carboxylic acids is 1. The number of ether oxygens (including phenoxy) is 1. The maximum Gasteiger partial charge on any atom is 0.232 e. The quantitative estimate of drug-likeness (QED) is 0.845. The van der Waals surface area contributed by atoms with Crippen LogP contribution in [0, 0.1) is 0 Å². The van der Waals surface area contributed by atoms with Gasteiger partial charge in [0, 0.05) is 18.1 Å². The number of amides is 1. The van der Waals surface area contributed by atoms with E-state index in [1.807, 2.05) is 18.2 Å². The molecule has 0 N–H and O–H groups in total. The Morgan fingerprint density at radius 2 is 2.24 bits per heavy atom. The molecule has 0 aliphatic carbocycles. The van der Waals surface area contributed by atoms with Gasteiger partial charge in [0.15, 0.2) is 0 Å². The number of hydrogen-bond acceptors (Lipinski definition) is 3. The van der Waals surface area contributed by atoms with Crippen molar-refractivity contribution in [2.75, 3.05) is 26.5 Å². The molecule has 0 aromatic heterocycles. The second kappa shape index (κ2) is 6.91. The Hall–Kier alpha value is -0.680. The molecule has 0 unspecified atom stereocenters. The fraction of sp³-hybridized carbons (Fsp3) is 0.417. The second-order valence-electron chi connectivity index (χ2n) is 3.68. The standard InChI is InChI=1S/C12H16BrNO2S/c1-14(12(15)8-17)6-5-9-7-10(13)3-4-11(9)16-2/h3-4,7,17H,5-6,8H2,1-2H3. The summed E-state index contributed by atoms with van der Waals surface area (Å²) in [5.41, 5.74) is 1.08. The van der Waals surface area contributed by atoms with Crippen LogP contribution in [0.3, 0.4) is 0 Å². The van der Waals surface area contributed by atoms with Gasteiger partial charge in [0.2, 0.25) is 5.91 Å². The van der Waals surface area contributed by atoms with Crippen LogP contribution in [-0.4, -0.2) is 37.3 Å². The average Bonchev–Trinajstić information content (AvgIpc) is 2.35. The lowest BCUT2D eigenvalue weighted by molar-refractivity contribution is -0.127. The van der Waals surface area contributed by atoms with Crippen LogP contribution < -0.4 is 4.74 Å². The molecule has 1 amide bonds. The van der Waals surface area contributed by atoms with Crippen molar-refractivity contribution in [2.45, 2.75) is 6.42 Å². The minimum atomic E-state index is 0.0299. The number of halogens is 1. The largest absolute Gasteiger partial charge is 0.496 e. The normalized spacial score (nSPS) is 10.1. The molecule has 0 aliphatic heterocycles. The summed E-state index contributed by atoms with van der Waals surface area (Å²) < 4.78 is 6.29. The van der Waals surface area contributed by atoms with Gasteiger partial charge in [-0.05, 0) is 30.2 Å². The Kier molecular flexibility index (Phi) is 5.85. The van der Waals surface area contributed by atoms with E-state index < -0.39 is 0 Å². The molecule has 5 heteroatoms. The molecule has 0 radical (unpaired) electrons. The van der Waals surface area contributed by atoms with E-state index in [9.17, 15) is 4.79 Å². The lowest BCUT2D eigenvalue weighted by atomic mass is 10.1. The SMILES string of the molecule is COc1ccc(Br)cc1CCN(C)C(=O)CS. The molecular formula is C12H16BrNO2S. The summed E-state index contributed by atoms with van der Waals surface area (Å²) in [6.45, 7) is 0.659. The van der Waals surface area contributed by atoms with Crippen molar-refractivity contribution in [1.82, 2.24) is 4.90 Å². The lowest BCUT2D eigenvalue weighted by Gasteiger charge is -2.17. The number of rotatable bonds is 5. The molecule has 3 nitrogen and oxygen atoms in total. The first-order valence-corrected chi connectivity index (χ1v) is 6.68. The summed E-state index contributed by atoms with van der Waals surface area (Å²) in [7, 11) is 3.43. The molecule has 17 heavy (non-hydrogen) atoms. The molecule has 0 spiro atoms. The van der Waals surface area contributed by atoms with Crippen molar-refractivity contribution in [2.24, 2.45) is 0 Å². The number of methoxy groups -OCH3 is 1. The number of likely N-dealkylation sites (N-methyl/N-ethyl adjacent to an activating group) is 1. The molecule has 0 aliphatic rings. The molecule has 94 valence electrons. The van der Waals surface area contributed by atoms with E-state index in [1.54, 1.807) is 19.1 Å². The monoisotopic (exact) mass is 317 g/mol. The maximum atomic E-state index is 11.4. The van der Waals surface area contributed by atoms with Crippen molar-refractivity contribution in [3.05, 3.63) is 28.2 Å². The molecular weight excluding hydrogens is 302 g/mol. The third-order valence-electron chi connectivity index (χ3n) is 2.52. The number of hydrogen-bond donors (Lipinski definition) is 1. The van der Waals surface area contributed by atoms with Gasteiger partial charge < -0.3 is 9.64 Å². The Balaban J connectivity index is 2.68. The summed E-state index contributed by atoms with van der Waals surface area (Å²) in [6.07, 6.45) is 0.763. The van der Waals surface area contributed by atoms with Gasteiger partial charge in [-0.25, -0.2) is 0 Å². The van der Waals surface area contributed by atoms with E-state index in [-0.39, 0.29) is 11.7 Å². The zero-order chi connectivity index (χ0) is 12.8. The highest BCUT2D eigenvalue weighted by Crippen LogP contribution is 2.23. The number of nitrogens with zero attached hydrogens (tertiary/aromatic N) is 1. The van der Waals surface area contributed by atoms with E-state index >= 15 is 0 Å². The topological polar surface area (TPSA) is 29.5 Å². The van der Waals surface area contributed by atoms with Crippen molar-refractivity contribution in [3.8, 4) is 5.75 Å². The van der Waals surface area contributed by atoms with E-state index in [4.69, 9.17) is 4.74 Å². The van der Waals surface area contributed by atoms with Crippen LogP contribution in [0.5, 0.6) is 5.75 Å². The Bertz CT molecular complexity index is 398. The van der Waals surface area contributed by atoms with Crippen molar-refractivity contribution in [3.63, 3.8) is 0 Å². The summed E-state index contributed by atoms with van der Waals surface area (Å²) in [6, 6.07) is 5.86. The maximum absolute atomic E-state index is 11.4. The van der Waals surface area contributed by atoms with Crippen LogP contribution in [-0.2, 0) is 11.2 Å². The molecule has 0 saturated heterocycles. The highest BCUT2D eigenvalue weighted by molar-refractivity contribution is 9.10. The molecule has 0 heterocycles. The van der Waals surface area contributed by atoms with E-state index in [2.05, 4.69) is 28.6 Å². The summed E-state index contributed by atoms with van der Waals surface area (Å²) in [5, 5.41) is 0. The lowest BCUT2D eigenvalue weighted by Crippen LogP contribution is -2.29. The van der Waals surface area contributed by atoms with Crippen molar-refractivity contribution >= 4 is 34.5 Å². The number of carbonyl (C=O) groups is 1. The van der Waals surface area contributed by atoms with Gasteiger partial charge in [-0.3, -0.25) is 4.79 Å². The Labute approximate surface area is 116 Å². The second-order valence-corrected chi connectivity index (χ2v) is 4.91. The zero-order valence-electron chi connectivity index (χ0n) is 9.94. The zero-order valence-corrected chi connectivity index (χ0v) is 12.4. The fourth-order valence-corrected chi connectivity index (χ4v) is 2.13. The fourth-order valence-electron chi connectivity index (χ4n) is 1.48. The average molecular weight is 318 g/mol. The van der Waals surface area contributed by atoms with E-state index in [0.29, 0.717) is 6.54 Å². The highest BCUT2D eigenvalue weighted by atomic mass is 79.9. The third-order valence-corrected chi connectivity index (χ3v) is 3.28. The predicted octanol–water partition coefficient (Wildman–Crippen LogP) is 2.39. The minimum Gasteiger partial charge on any atom is -0.496 e. The third kappa shape index (κ3) is 4.24. The summed E-state index contributed by atoms with van der Waals surface area (Å²) >= 11 is 7.39. The smallest absolute Gasteiger partial charge is 0.232 e. The molecule has 1 rings (SSSR count). The Morgan fingerprint density at radius 1 is 1.53 bits per heavy atom. The Morgan fingerprint density at radius 3 is 2.82 bits per heavy atom. The van der Waals surface area contributed by atoms with Gasteiger partial charge in [0.1, 0.15) is 5.75 Å². The van der Waals surface area contributed by atoms with Crippen LogP contribution in [0.4, 0.5) is 0 Å². The van der Waals surface area contributed by atoms with Gasteiger partial charge in [0.05, 0.1) is 12.9 Å². The van der Waals surface area contributed by atoms with Gasteiger partial charge in [-0.15, -0.1) is 0 Å². The number of benzene rings is 1. The highest BCUT2D eigenvalue weighted by Gasteiger charge is 2.09. The molecule has 0 atom stereocenters. The minimum absolute atomic E-state index is 0.0299. The van der Waals surface area contributed by atoms with Gasteiger partial charge in [-0.1, -0.05) is 15.9 Å². The van der Waals surface area contributed by atoms with Crippen LogP contribution >= 0.6 is 28.6 Å². The van der Waals surface area contributed by atoms with Crippen LogP contribution in [0.15, 0.2) is 22.7 Å². The van der Waals surface area contributed by atoms with Gasteiger partial charge >= 0.3 is 0 Å². The van der Waals surface area contributed by atoms with Crippen LogP contribution in [0.1, 0.15) is 5.56 Å². The molecule has 1 aromatic carbocycles. The first-order chi connectivity index (χ1) is 8.08. The predicted molar refractivity (Wildman–Crippen MR) is 75.9 cm³/mol. The van der Waals surface area contributed by atoms with Crippen molar-refractivity contribution < 1.29 is 9.53 Å². The van der Waals surface area contributed by atoms with Crippen molar-refractivity contribution in [1.29, 1.82) is 0 Å². The van der Waals surface area contributed by atoms with Gasteiger partial charge in [0.25, 0.3) is 0 Å². The molecule has 1 aromatic rings. The van der Waals surface area contributed by atoms with Crippen LogP contribution in [0.25, 0.3) is 0 Å². The van der Waals surface area contributed by atoms with E-state index in [1.165, 1.54) is 0 Å².